The van der Waals surface area contributed by atoms with Crippen LogP contribution in [-0.4, -0.2) is 54.7 Å². The lowest BCUT2D eigenvalue weighted by molar-refractivity contribution is -0.247. The van der Waals surface area contributed by atoms with E-state index in [1.54, 1.807) is 0 Å². The molecule has 3 heterocycles. The van der Waals surface area contributed by atoms with Gasteiger partial charge in [-0.3, -0.25) is 4.79 Å². The number of carbonyl (C=O) groups is 1. The van der Waals surface area contributed by atoms with Crippen molar-refractivity contribution in [3.8, 4) is 0 Å². The predicted molar refractivity (Wildman–Crippen MR) is 169 cm³/mol. The number of ether oxygens (including phenoxy) is 5. The van der Waals surface area contributed by atoms with Gasteiger partial charge in [0.15, 0.2) is 24.0 Å². The Labute approximate surface area is 262 Å². The number of carbonyl (C=O) groups excluding carboxylic acids is 1. The summed E-state index contributed by atoms with van der Waals surface area (Å²) in [5.74, 6) is -1.30. The smallest absolute Gasteiger partial charge is 0.252 e. The van der Waals surface area contributed by atoms with Crippen molar-refractivity contribution in [3.05, 3.63) is 0 Å². The molecule has 5 aliphatic rings. The van der Waals surface area contributed by atoms with Crippen molar-refractivity contribution in [1.29, 1.82) is 0 Å². The topological polar surface area (TPSA) is 75.3 Å². The van der Waals surface area contributed by atoms with Gasteiger partial charge in [0.25, 0.3) is 5.91 Å². The van der Waals surface area contributed by atoms with E-state index in [2.05, 4.69) is 12.2 Å². The van der Waals surface area contributed by atoms with Crippen LogP contribution in [0.3, 0.4) is 0 Å². The Kier molecular flexibility index (Phi) is 13.5. The maximum absolute atomic E-state index is 13.5. The molecule has 1 amide bonds. The van der Waals surface area contributed by atoms with E-state index in [9.17, 15) is 4.79 Å². The molecule has 2 saturated carbocycles. The minimum atomic E-state index is -0.726. The third kappa shape index (κ3) is 9.40. The van der Waals surface area contributed by atoms with Gasteiger partial charge in [0, 0.05) is 32.2 Å². The van der Waals surface area contributed by atoms with Gasteiger partial charge < -0.3 is 29.0 Å². The van der Waals surface area contributed by atoms with Crippen molar-refractivity contribution in [1.82, 2.24) is 5.32 Å². The molecule has 3 aliphatic heterocycles. The Morgan fingerprint density at radius 3 is 1.53 bits per heavy atom. The molecule has 7 heteroatoms. The van der Waals surface area contributed by atoms with Gasteiger partial charge in [-0.25, -0.2) is 0 Å². The van der Waals surface area contributed by atoms with E-state index in [0.717, 1.165) is 64.2 Å². The fourth-order valence-electron chi connectivity index (χ4n) is 8.15. The van der Waals surface area contributed by atoms with Crippen LogP contribution < -0.4 is 5.32 Å². The first-order valence-corrected chi connectivity index (χ1v) is 18.8. The number of unbranched alkanes of at least 4 members (excludes halogenated alkanes) is 15. The number of hydrogen-bond acceptors (Lipinski definition) is 6. The molecule has 0 radical (unpaired) electrons. The van der Waals surface area contributed by atoms with Gasteiger partial charge >= 0.3 is 0 Å². The molecule has 2 aliphatic carbocycles. The second-order valence-electron chi connectivity index (χ2n) is 14.3. The fourth-order valence-corrected chi connectivity index (χ4v) is 8.15. The fraction of sp³-hybridized carbons (Fsp3) is 0.972. The van der Waals surface area contributed by atoms with Crippen LogP contribution >= 0.6 is 0 Å². The van der Waals surface area contributed by atoms with Gasteiger partial charge in [-0.1, -0.05) is 116 Å². The van der Waals surface area contributed by atoms with E-state index in [1.165, 1.54) is 103 Å². The van der Waals surface area contributed by atoms with Gasteiger partial charge in [-0.15, -0.1) is 0 Å². The molecular formula is C36H63NO6. The molecule has 5 atom stereocenters. The normalized spacial score (nSPS) is 30.9. The Morgan fingerprint density at radius 2 is 1.00 bits per heavy atom. The lowest BCUT2D eigenvalue weighted by atomic mass is 9.94. The molecule has 248 valence electrons. The van der Waals surface area contributed by atoms with E-state index in [0.29, 0.717) is 6.54 Å². The van der Waals surface area contributed by atoms with Gasteiger partial charge in [-0.05, 0) is 32.1 Å². The summed E-state index contributed by atoms with van der Waals surface area (Å²) in [5, 5.41) is 3.16. The summed E-state index contributed by atoms with van der Waals surface area (Å²) in [6.07, 6.45) is 29.4. The minimum Gasteiger partial charge on any atom is -0.354 e. The highest BCUT2D eigenvalue weighted by Gasteiger charge is 2.65. The predicted octanol–water partition coefficient (Wildman–Crippen LogP) is 8.61. The average molecular weight is 606 g/mol. The van der Waals surface area contributed by atoms with E-state index >= 15 is 0 Å². The first kappa shape index (κ1) is 33.6. The minimum absolute atomic E-state index is 0.0981. The summed E-state index contributed by atoms with van der Waals surface area (Å²) in [6, 6.07) is 0. The summed E-state index contributed by atoms with van der Waals surface area (Å²) in [4.78, 5) is 13.5. The van der Waals surface area contributed by atoms with Crippen LogP contribution in [0.2, 0.25) is 0 Å². The quantitative estimate of drug-likeness (QED) is 0.158. The second-order valence-corrected chi connectivity index (χ2v) is 14.3. The molecule has 5 rings (SSSR count). The molecular weight excluding hydrogens is 542 g/mol. The molecule has 3 saturated heterocycles. The van der Waals surface area contributed by atoms with Gasteiger partial charge in [0.1, 0.15) is 18.3 Å². The Balaban J connectivity index is 0.965. The largest absolute Gasteiger partial charge is 0.354 e. The number of nitrogens with one attached hydrogen (secondary N) is 1. The molecule has 0 bridgehead atoms. The van der Waals surface area contributed by atoms with Crippen molar-refractivity contribution < 1.29 is 28.5 Å². The summed E-state index contributed by atoms with van der Waals surface area (Å²) in [7, 11) is 0. The summed E-state index contributed by atoms with van der Waals surface area (Å²) in [5.41, 5.74) is 0. The van der Waals surface area contributed by atoms with Crippen molar-refractivity contribution in [2.75, 3.05) is 6.54 Å². The Morgan fingerprint density at radius 1 is 0.558 bits per heavy atom. The van der Waals surface area contributed by atoms with Crippen molar-refractivity contribution >= 4 is 5.91 Å². The van der Waals surface area contributed by atoms with Crippen LogP contribution in [-0.2, 0) is 28.5 Å². The molecule has 0 aromatic rings. The highest BCUT2D eigenvalue weighted by Crippen LogP contribution is 2.50. The lowest BCUT2D eigenvalue weighted by Crippen LogP contribution is -2.59. The molecule has 1 N–H and O–H groups in total. The van der Waals surface area contributed by atoms with Crippen LogP contribution in [0.15, 0.2) is 0 Å². The van der Waals surface area contributed by atoms with Crippen LogP contribution in [0.25, 0.3) is 0 Å². The SMILES string of the molecule is CCCCCCCCCCCCCCCCCCNC(=O)[C@@H]1O[C@H]2OC3(CCCCC3)O[C@@H]2[C@H]2OC3(CCCCC3)O[C@@H]21. The highest BCUT2D eigenvalue weighted by molar-refractivity contribution is 5.81. The van der Waals surface area contributed by atoms with E-state index < -0.39 is 30.1 Å². The lowest BCUT2D eigenvalue weighted by Gasteiger charge is -2.36. The molecule has 0 unspecified atom stereocenters. The first-order chi connectivity index (χ1) is 21.1. The molecule has 5 fully saturated rings. The number of amides is 1. The molecule has 43 heavy (non-hydrogen) atoms. The summed E-state index contributed by atoms with van der Waals surface area (Å²) in [6.45, 7) is 2.96. The van der Waals surface area contributed by atoms with Crippen molar-refractivity contribution in [2.45, 2.75) is 216 Å². The Bertz CT molecular complexity index is 810. The van der Waals surface area contributed by atoms with Crippen LogP contribution in [0.5, 0.6) is 0 Å². The zero-order valence-electron chi connectivity index (χ0n) is 27.4. The molecule has 0 aromatic heterocycles. The van der Waals surface area contributed by atoms with Crippen molar-refractivity contribution in [3.63, 3.8) is 0 Å². The summed E-state index contributed by atoms with van der Waals surface area (Å²) < 4.78 is 32.7. The highest BCUT2D eigenvalue weighted by atomic mass is 16.9. The standard InChI is InChI=1S/C36H63NO6/c1-2-3-4-5-6-7-8-9-10-11-12-13-14-15-16-23-28-37-33(38)31-29-30(41-35(40-29)24-19-17-20-25-35)32-34(39-31)43-36(42-32)26-21-18-22-27-36/h29-32,34H,2-28H2,1H3,(H,37,38)/t29-,30-,31+,32+,34-/m0/s1. The maximum Gasteiger partial charge on any atom is 0.252 e. The van der Waals surface area contributed by atoms with Crippen molar-refractivity contribution in [2.24, 2.45) is 0 Å². The van der Waals surface area contributed by atoms with E-state index in [-0.39, 0.29) is 18.1 Å². The zero-order valence-corrected chi connectivity index (χ0v) is 27.4. The number of fused-ring (bicyclic) bond motifs is 3. The molecule has 7 nitrogen and oxygen atoms in total. The van der Waals surface area contributed by atoms with Crippen LogP contribution in [0, 0.1) is 0 Å². The molecule has 0 aromatic carbocycles. The van der Waals surface area contributed by atoms with Crippen LogP contribution in [0.4, 0.5) is 0 Å². The molecule has 2 spiro atoms. The zero-order chi connectivity index (χ0) is 29.8. The third-order valence-electron chi connectivity index (χ3n) is 10.7. The van der Waals surface area contributed by atoms with E-state index in [4.69, 9.17) is 23.7 Å². The maximum atomic E-state index is 13.5. The second kappa shape index (κ2) is 17.3. The third-order valence-corrected chi connectivity index (χ3v) is 10.7. The summed E-state index contributed by atoms with van der Waals surface area (Å²) >= 11 is 0. The van der Waals surface area contributed by atoms with Gasteiger partial charge in [-0.2, -0.15) is 0 Å². The first-order valence-electron chi connectivity index (χ1n) is 18.8. The monoisotopic (exact) mass is 605 g/mol. The average Bonchev–Trinajstić information content (AvgIpc) is 3.56. The number of hydrogen-bond donors (Lipinski definition) is 1. The Hall–Kier alpha value is -0.730. The van der Waals surface area contributed by atoms with Gasteiger partial charge in [0.05, 0.1) is 0 Å². The van der Waals surface area contributed by atoms with Crippen LogP contribution in [0.1, 0.15) is 174 Å². The van der Waals surface area contributed by atoms with E-state index in [1.807, 2.05) is 0 Å². The van der Waals surface area contributed by atoms with Gasteiger partial charge in [0.2, 0.25) is 0 Å². The number of rotatable bonds is 18.